The summed E-state index contributed by atoms with van der Waals surface area (Å²) in [6.07, 6.45) is 0.680. The van der Waals surface area contributed by atoms with Gasteiger partial charge in [-0.2, -0.15) is 0 Å². The zero-order valence-electron chi connectivity index (χ0n) is 13.7. The number of carbonyl (C=O) groups excluding carboxylic acids is 1. The van der Waals surface area contributed by atoms with E-state index in [-0.39, 0.29) is 24.5 Å². The van der Waals surface area contributed by atoms with E-state index in [0.717, 1.165) is 17.7 Å². The number of rotatable bonds is 4. The van der Waals surface area contributed by atoms with Crippen molar-refractivity contribution in [2.45, 2.75) is 30.5 Å². The molecule has 124 valence electrons. The van der Waals surface area contributed by atoms with Crippen molar-refractivity contribution < 1.29 is 14.6 Å². The van der Waals surface area contributed by atoms with Crippen LogP contribution in [0.4, 0.5) is 0 Å². The van der Waals surface area contributed by atoms with Crippen molar-refractivity contribution in [1.29, 1.82) is 0 Å². The first-order chi connectivity index (χ1) is 11.7. The highest BCUT2D eigenvalue weighted by Crippen LogP contribution is 2.51. The number of esters is 1. The first kappa shape index (κ1) is 15.4. The molecule has 1 fully saturated rings. The van der Waals surface area contributed by atoms with Gasteiger partial charge in [0.05, 0.1) is 18.6 Å². The fourth-order valence-electron chi connectivity index (χ4n) is 4.24. The molecule has 4 heteroatoms. The van der Waals surface area contributed by atoms with Gasteiger partial charge in [0.25, 0.3) is 0 Å². The number of aliphatic hydroxyl groups is 1. The van der Waals surface area contributed by atoms with E-state index in [9.17, 15) is 9.90 Å². The summed E-state index contributed by atoms with van der Waals surface area (Å²) in [5, 5.41) is 10.2. The van der Waals surface area contributed by atoms with Gasteiger partial charge in [-0.15, -0.1) is 0 Å². The Morgan fingerprint density at radius 1 is 1.17 bits per heavy atom. The van der Waals surface area contributed by atoms with Gasteiger partial charge >= 0.3 is 5.97 Å². The van der Waals surface area contributed by atoms with E-state index in [0.29, 0.717) is 6.42 Å². The predicted octanol–water partition coefficient (Wildman–Crippen LogP) is 2.42. The molecule has 1 N–H and O–H groups in total. The third-order valence-electron chi connectivity index (χ3n) is 5.40. The minimum absolute atomic E-state index is 0.0414. The zero-order chi connectivity index (χ0) is 16.7. The van der Waals surface area contributed by atoms with Crippen LogP contribution in [-0.2, 0) is 21.7 Å². The Hall–Kier alpha value is -2.17. The van der Waals surface area contributed by atoms with Crippen LogP contribution >= 0.6 is 0 Å². The smallest absolute Gasteiger partial charge is 0.314 e. The van der Waals surface area contributed by atoms with Crippen LogP contribution < -0.4 is 0 Å². The van der Waals surface area contributed by atoms with E-state index < -0.39 is 5.60 Å². The summed E-state index contributed by atoms with van der Waals surface area (Å²) in [7, 11) is 2.03. The first-order valence-electron chi connectivity index (χ1n) is 8.33. The lowest BCUT2D eigenvalue weighted by Crippen LogP contribution is -2.61. The van der Waals surface area contributed by atoms with E-state index in [1.165, 1.54) is 5.56 Å². The van der Waals surface area contributed by atoms with Gasteiger partial charge < -0.3 is 9.84 Å². The average molecular weight is 323 g/mol. The topological polar surface area (TPSA) is 49.8 Å². The standard InChI is InChI=1S/C20H21NO3/c1-21(12-14-7-3-2-4-8-14)18-11-16-15-9-5-6-10-17(15)20(18,13-22)24-19(16)23/h2-10,16,18,22H,11-13H2,1H3/t16?,18-,20-/m1/s1. The molecule has 2 aromatic rings. The number of aliphatic hydroxyl groups excluding tert-OH is 1. The van der Waals surface area contributed by atoms with Crippen LogP contribution in [0.15, 0.2) is 54.6 Å². The maximum Gasteiger partial charge on any atom is 0.314 e. The minimum Gasteiger partial charge on any atom is -0.450 e. The van der Waals surface area contributed by atoms with Crippen molar-refractivity contribution in [3.63, 3.8) is 0 Å². The molecule has 2 aliphatic heterocycles. The molecular weight excluding hydrogens is 302 g/mol. The Kier molecular flexibility index (Phi) is 3.66. The Balaban J connectivity index is 1.72. The molecule has 1 aliphatic carbocycles. The molecule has 1 unspecified atom stereocenters. The normalized spacial score (nSPS) is 27.9. The van der Waals surface area contributed by atoms with Crippen molar-refractivity contribution in [3.05, 3.63) is 71.3 Å². The summed E-state index contributed by atoms with van der Waals surface area (Å²) in [6, 6.07) is 18.0. The van der Waals surface area contributed by atoms with Crippen molar-refractivity contribution in [1.82, 2.24) is 4.90 Å². The molecule has 0 amide bonds. The molecular formula is C20H21NO3. The molecule has 1 saturated heterocycles. The first-order valence-corrected chi connectivity index (χ1v) is 8.33. The summed E-state index contributed by atoms with van der Waals surface area (Å²) in [5.74, 6) is -0.454. The number of hydrogen-bond acceptors (Lipinski definition) is 4. The third-order valence-corrected chi connectivity index (χ3v) is 5.40. The van der Waals surface area contributed by atoms with Gasteiger partial charge in [-0.1, -0.05) is 54.6 Å². The highest BCUT2D eigenvalue weighted by Gasteiger charge is 2.58. The monoisotopic (exact) mass is 323 g/mol. The number of ether oxygens (including phenoxy) is 1. The number of fused-ring (bicyclic) bond motifs is 2. The summed E-state index contributed by atoms with van der Waals surface area (Å²) in [4.78, 5) is 14.6. The molecule has 0 spiro atoms. The van der Waals surface area contributed by atoms with Gasteiger partial charge in [0.2, 0.25) is 0 Å². The molecule has 0 radical (unpaired) electrons. The molecule has 0 aromatic heterocycles. The van der Waals surface area contributed by atoms with Crippen LogP contribution in [-0.4, -0.2) is 35.7 Å². The van der Waals surface area contributed by atoms with Gasteiger partial charge in [0.15, 0.2) is 5.60 Å². The van der Waals surface area contributed by atoms with Gasteiger partial charge in [-0.05, 0) is 24.6 Å². The van der Waals surface area contributed by atoms with E-state index in [4.69, 9.17) is 4.74 Å². The molecule has 2 aromatic carbocycles. The van der Waals surface area contributed by atoms with Gasteiger partial charge in [0.1, 0.15) is 0 Å². The summed E-state index contributed by atoms with van der Waals surface area (Å²) in [6.45, 7) is 0.548. The second kappa shape index (κ2) is 5.72. The van der Waals surface area contributed by atoms with Crippen LogP contribution in [0.25, 0.3) is 0 Å². The van der Waals surface area contributed by atoms with Crippen LogP contribution in [0, 0.1) is 0 Å². The van der Waals surface area contributed by atoms with Crippen molar-refractivity contribution in [2.75, 3.05) is 13.7 Å². The second-order valence-corrected chi connectivity index (χ2v) is 6.76. The van der Waals surface area contributed by atoms with Crippen LogP contribution in [0.2, 0.25) is 0 Å². The van der Waals surface area contributed by atoms with Gasteiger partial charge in [-0.25, -0.2) is 0 Å². The van der Waals surface area contributed by atoms with Crippen molar-refractivity contribution in [3.8, 4) is 0 Å². The van der Waals surface area contributed by atoms with Crippen LogP contribution in [0.5, 0.6) is 0 Å². The molecule has 3 aliphatic rings. The Labute approximate surface area is 141 Å². The molecule has 0 saturated carbocycles. The zero-order valence-corrected chi connectivity index (χ0v) is 13.7. The largest absolute Gasteiger partial charge is 0.450 e. The number of nitrogens with zero attached hydrogens (tertiary/aromatic N) is 1. The minimum atomic E-state index is -0.966. The second-order valence-electron chi connectivity index (χ2n) is 6.76. The Morgan fingerprint density at radius 2 is 1.88 bits per heavy atom. The number of likely N-dealkylation sites (N-methyl/N-ethyl adjacent to an activating group) is 1. The maximum atomic E-state index is 12.4. The average Bonchev–Trinajstić information content (AvgIpc) is 2.62. The lowest BCUT2D eigenvalue weighted by atomic mass is 9.67. The molecule has 5 rings (SSSR count). The highest BCUT2D eigenvalue weighted by molar-refractivity contribution is 5.83. The van der Waals surface area contributed by atoms with Gasteiger partial charge in [0, 0.05) is 12.1 Å². The van der Waals surface area contributed by atoms with Crippen molar-refractivity contribution >= 4 is 5.97 Å². The number of carbonyl (C=O) groups is 1. The number of hydrogen-bond donors (Lipinski definition) is 1. The molecule has 2 bridgehead atoms. The summed E-state index contributed by atoms with van der Waals surface area (Å²) >= 11 is 0. The molecule has 3 atom stereocenters. The van der Waals surface area contributed by atoms with Crippen LogP contribution in [0.3, 0.4) is 0 Å². The summed E-state index contributed by atoms with van der Waals surface area (Å²) < 4.78 is 5.79. The molecule has 24 heavy (non-hydrogen) atoms. The van der Waals surface area contributed by atoms with E-state index in [1.807, 2.05) is 49.5 Å². The molecule has 2 heterocycles. The number of benzene rings is 2. The highest BCUT2D eigenvalue weighted by atomic mass is 16.6. The third kappa shape index (κ3) is 2.18. The fraction of sp³-hybridized carbons (Fsp3) is 0.350. The maximum absolute atomic E-state index is 12.4. The summed E-state index contributed by atoms with van der Waals surface area (Å²) in [5.41, 5.74) is 2.20. The predicted molar refractivity (Wildman–Crippen MR) is 90.4 cm³/mol. The van der Waals surface area contributed by atoms with Crippen molar-refractivity contribution in [2.24, 2.45) is 0 Å². The van der Waals surface area contributed by atoms with Gasteiger partial charge in [-0.3, -0.25) is 9.69 Å². The van der Waals surface area contributed by atoms with E-state index in [1.54, 1.807) is 0 Å². The molecule has 4 nitrogen and oxygen atoms in total. The Bertz CT molecular complexity index is 760. The lowest BCUT2D eigenvalue weighted by molar-refractivity contribution is -0.198. The van der Waals surface area contributed by atoms with E-state index in [2.05, 4.69) is 17.0 Å². The SMILES string of the molecule is CN(Cc1ccccc1)[C@@H]1CC2C(=O)O[C@]1(CO)c1ccccc12. The quantitative estimate of drug-likeness (QED) is 0.878. The fourth-order valence-corrected chi connectivity index (χ4v) is 4.24. The lowest BCUT2D eigenvalue weighted by Gasteiger charge is -2.53. The Morgan fingerprint density at radius 3 is 2.62 bits per heavy atom. The van der Waals surface area contributed by atoms with E-state index >= 15 is 0 Å². The van der Waals surface area contributed by atoms with Crippen LogP contribution in [0.1, 0.15) is 29.0 Å².